The number of nitrogens with zero attached hydrogens (tertiary/aromatic N) is 1. The lowest BCUT2D eigenvalue weighted by Gasteiger charge is -2.07. The molecule has 1 heterocycles. The second-order valence-electron chi connectivity index (χ2n) is 4.51. The highest BCUT2D eigenvalue weighted by molar-refractivity contribution is 9.10. The highest BCUT2D eigenvalue weighted by Crippen LogP contribution is 2.17. The Morgan fingerprint density at radius 3 is 2.64 bits per heavy atom. The zero-order chi connectivity index (χ0) is 16.2. The molecule has 8 heteroatoms. The van der Waals surface area contributed by atoms with Crippen LogP contribution in [-0.4, -0.2) is 27.0 Å². The topological polar surface area (TPSA) is 71.1 Å². The van der Waals surface area contributed by atoms with Crippen molar-refractivity contribution >= 4 is 31.8 Å². The third-order valence-electron chi connectivity index (χ3n) is 3.02. The molecule has 22 heavy (non-hydrogen) atoms. The highest BCUT2D eigenvalue weighted by Gasteiger charge is 2.11. The Kier molecular flexibility index (Phi) is 5.49. The van der Waals surface area contributed by atoms with E-state index in [0.717, 1.165) is 5.56 Å². The second-order valence-corrected chi connectivity index (χ2v) is 7.25. The molecule has 0 spiro atoms. The van der Waals surface area contributed by atoms with Crippen molar-refractivity contribution in [2.75, 3.05) is 18.9 Å². The van der Waals surface area contributed by atoms with Crippen LogP contribution >= 0.6 is 15.9 Å². The molecule has 2 aromatic rings. The molecule has 118 valence electrons. The van der Waals surface area contributed by atoms with E-state index in [1.165, 1.54) is 25.4 Å². The SMILES string of the molecule is CNS(=O)(=O)c1ccc(NCCc2ccc(F)c(Br)c2)nc1. The monoisotopic (exact) mass is 387 g/mol. The molecule has 0 aliphatic carbocycles. The minimum atomic E-state index is -3.47. The molecule has 0 saturated heterocycles. The third kappa shape index (κ3) is 4.25. The number of aromatic nitrogens is 1. The van der Waals surface area contributed by atoms with Gasteiger partial charge in [-0.25, -0.2) is 22.5 Å². The van der Waals surface area contributed by atoms with Crippen LogP contribution in [0, 0.1) is 5.82 Å². The zero-order valence-corrected chi connectivity index (χ0v) is 14.2. The maximum absolute atomic E-state index is 13.1. The van der Waals surface area contributed by atoms with Crippen molar-refractivity contribution < 1.29 is 12.8 Å². The first kappa shape index (κ1) is 16.9. The van der Waals surface area contributed by atoms with Crippen LogP contribution in [-0.2, 0) is 16.4 Å². The van der Waals surface area contributed by atoms with Gasteiger partial charge in [0.1, 0.15) is 16.5 Å². The van der Waals surface area contributed by atoms with Gasteiger partial charge >= 0.3 is 0 Å². The zero-order valence-electron chi connectivity index (χ0n) is 11.8. The summed E-state index contributed by atoms with van der Waals surface area (Å²) < 4.78 is 38.9. The summed E-state index contributed by atoms with van der Waals surface area (Å²) in [5.41, 5.74) is 0.982. The fourth-order valence-electron chi connectivity index (χ4n) is 1.79. The Bertz CT molecular complexity index is 751. The number of halogens is 2. The van der Waals surface area contributed by atoms with Crippen LogP contribution in [0.3, 0.4) is 0 Å². The summed E-state index contributed by atoms with van der Waals surface area (Å²) in [6.45, 7) is 0.600. The lowest BCUT2D eigenvalue weighted by molar-refractivity contribution is 0.588. The quantitative estimate of drug-likeness (QED) is 0.798. The number of anilines is 1. The van der Waals surface area contributed by atoms with E-state index in [4.69, 9.17) is 0 Å². The normalized spacial score (nSPS) is 11.4. The molecule has 0 amide bonds. The molecule has 0 radical (unpaired) electrons. The average Bonchev–Trinajstić information content (AvgIpc) is 2.51. The minimum absolute atomic E-state index is 0.114. The maximum atomic E-state index is 13.1. The predicted octanol–water partition coefficient (Wildman–Crippen LogP) is 2.55. The van der Waals surface area contributed by atoms with Gasteiger partial charge in [-0.3, -0.25) is 0 Å². The summed E-state index contributed by atoms with van der Waals surface area (Å²) in [6.07, 6.45) is 1.99. The first-order chi connectivity index (χ1) is 10.4. The van der Waals surface area contributed by atoms with Gasteiger partial charge in [-0.15, -0.1) is 0 Å². The Labute approximate surface area is 137 Å². The molecule has 0 fully saturated rings. The summed E-state index contributed by atoms with van der Waals surface area (Å²) in [6, 6.07) is 7.94. The van der Waals surface area contributed by atoms with Crippen LogP contribution in [0.2, 0.25) is 0 Å². The van der Waals surface area contributed by atoms with Gasteiger partial charge in [-0.05, 0) is 59.2 Å². The molecule has 1 aromatic carbocycles. The highest BCUT2D eigenvalue weighted by atomic mass is 79.9. The smallest absolute Gasteiger partial charge is 0.241 e. The first-order valence-electron chi connectivity index (χ1n) is 6.50. The van der Waals surface area contributed by atoms with Crippen molar-refractivity contribution in [2.24, 2.45) is 0 Å². The van der Waals surface area contributed by atoms with Crippen molar-refractivity contribution in [3.8, 4) is 0 Å². The molecule has 5 nitrogen and oxygen atoms in total. The maximum Gasteiger partial charge on any atom is 0.241 e. The lowest BCUT2D eigenvalue weighted by atomic mass is 10.1. The van der Waals surface area contributed by atoms with Crippen LogP contribution in [0.4, 0.5) is 10.2 Å². The van der Waals surface area contributed by atoms with Crippen LogP contribution in [0.1, 0.15) is 5.56 Å². The van der Waals surface area contributed by atoms with E-state index in [9.17, 15) is 12.8 Å². The van der Waals surface area contributed by atoms with Gasteiger partial charge < -0.3 is 5.32 Å². The molecule has 0 bridgehead atoms. The number of benzene rings is 1. The molecule has 0 atom stereocenters. The van der Waals surface area contributed by atoms with Gasteiger partial charge in [-0.2, -0.15) is 0 Å². The summed E-state index contributed by atoms with van der Waals surface area (Å²) in [5, 5.41) is 3.09. The van der Waals surface area contributed by atoms with Crippen LogP contribution < -0.4 is 10.0 Å². The molecule has 2 rings (SSSR count). The molecule has 0 saturated carbocycles. The number of hydrogen-bond acceptors (Lipinski definition) is 4. The summed E-state index contributed by atoms with van der Waals surface area (Å²) in [4.78, 5) is 4.17. The number of rotatable bonds is 6. The lowest BCUT2D eigenvalue weighted by Crippen LogP contribution is -2.18. The number of sulfonamides is 1. The Hall–Kier alpha value is -1.51. The molecule has 0 aliphatic rings. The molecule has 2 N–H and O–H groups in total. The van der Waals surface area contributed by atoms with E-state index in [1.807, 2.05) is 0 Å². The van der Waals surface area contributed by atoms with Crippen molar-refractivity contribution in [2.45, 2.75) is 11.3 Å². The fourth-order valence-corrected chi connectivity index (χ4v) is 2.89. The van der Waals surface area contributed by atoms with Gasteiger partial charge in [0.15, 0.2) is 0 Å². The minimum Gasteiger partial charge on any atom is -0.370 e. The van der Waals surface area contributed by atoms with E-state index in [0.29, 0.717) is 23.3 Å². The average molecular weight is 388 g/mol. The van der Waals surface area contributed by atoms with Crippen molar-refractivity contribution in [3.63, 3.8) is 0 Å². The Morgan fingerprint density at radius 1 is 1.27 bits per heavy atom. The van der Waals surface area contributed by atoms with Crippen LogP contribution in [0.15, 0.2) is 45.9 Å². The number of hydrogen-bond donors (Lipinski definition) is 2. The van der Waals surface area contributed by atoms with Gasteiger partial charge in [-0.1, -0.05) is 6.07 Å². The third-order valence-corrected chi connectivity index (χ3v) is 5.03. The van der Waals surface area contributed by atoms with E-state index in [-0.39, 0.29) is 10.7 Å². The van der Waals surface area contributed by atoms with Gasteiger partial charge in [0.05, 0.1) is 4.47 Å². The van der Waals surface area contributed by atoms with Crippen LogP contribution in [0.5, 0.6) is 0 Å². The first-order valence-corrected chi connectivity index (χ1v) is 8.77. The molecule has 1 aromatic heterocycles. The Morgan fingerprint density at radius 2 is 2.05 bits per heavy atom. The van der Waals surface area contributed by atoms with E-state index in [1.54, 1.807) is 18.2 Å². The Balaban J connectivity index is 1.93. The summed E-state index contributed by atoms with van der Waals surface area (Å²) in [5.74, 6) is 0.288. The van der Waals surface area contributed by atoms with Crippen molar-refractivity contribution in [3.05, 3.63) is 52.4 Å². The molecular weight excluding hydrogens is 373 g/mol. The number of pyridine rings is 1. The largest absolute Gasteiger partial charge is 0.370 e. The van der Waals surface area contributed by atoms with E-state index in [2.05, 4.69) is 31.0 Å². The summed E-state index contributed by atoms with van der Waals surface area (Å²) in [7, 11) is -2.12. The van der Waals surface area contributed by atoms with Gasteiger partial charge in [0.25, 0.3) is 0 Å². The van der Waals surface area contributed by atoms with Crippen molar-refractivity contribution in [1.29, 1.82) is 0 Å². The van der Waals surface area contributed by atoms with E-state index >= 15 is 0 Å². The van der Waals surface area contributed by atoms with Crippen molar-refractivity contribution in [1.82, 2.24) is 9.71 Å². The molecule has 0 unspecified atom stereocenters. The standard InChI is InChI=1S/C14H15BrFN3O2S/c1-17-22(20,21)11-3-5-14(19-9-11)18-7-6-10-2-4-13(16)12(15)8-10/h2-5,8-9,17H,6-7H2,1H3,(H,18,19). The molecular formula is C14H15BrFN3O2S. The van der Waals surface area contributed by atoms with Gasteiger partial charge in [0.2, 0.25) is 10.0 Å². The van der Waals surface area contributed by atoms with Crippen LogP contribution in [0.25, 0.3) is 0 Å². The van der Waals surface area contributed by atoms with Gasteiger partial charge in [0, 0.05) is 12.7 Å². The summed E-state index contributed by atoms with van der Waals surface area (Å²) >= 11 is 3.15. The van der Waals surface area contributed by atoms with E-state index < -0.39 is 10.0 Å². The second kappa shape index (κ2) is 7.17. The predicted molar refractivity (Wildman–Crippen MR) is 86.8 cm³/mol. The number of nitrogens with one attached hydrogen (secondary N) is 2. The molecule has 0 aliphatic heterocycles. The fraction of sp³-hybridized carbons (Fsp3) is 0.214.